The molecule has 0 aliphatic carbocycles. The monoisotopic (exact) mass is 264 g/mol. The summed E-state index contributed by atoms with van der Waals surface area (Å²) in [5.41, 5.74) is 0.287. The fourth-order valence-corrected chi connectivity index (χ4v) is 1.97. The molecule has 0 saturated carbocycles. The molecule has 0 saturated heterocycles. The molecule has 3 nitrogen and oxygen atoms in total. The van der Waals surface area contributed by atoms with Crippen LogP contribution in [0, 0.1) is 11.3 Å². The maximum Gasteiger partial charge on any atom is 0.224 e. The molecule has 0 aliphatic rings. The van der Waals surface area contributed by atoms with Crippen molar-refractivity contribution < 1.29 is 4.79 Å². The van der Waals surface area contributed by atoms with Crippen molar-refractivity contribution in [3.63, 3.8) is 0 Å². The Balaban J connectivity index is 0. The van der Waals surface area contributed by atoms with Crippen LogP contribution in [-0.2, 0) is 4.79 Å². The van der Waals surface area contributed by atoms with Crippen LogP contribution in [0.25, 0.3) is 0 Å². The lowest BCUT2D eigenvalue weighted by Crippen LogP contribution is -2.41. The number of hydrogen-bond acceptors (Lipinski definition) is 2. The lowest BCUT2D eigenvalue weighted by molar-refractivity contribution is -0.124. The van der Waals surface area contributed by atoms with Crippen molar-refractivity contribution in [3.8, 4) is 0 Å². The summed E-state index contributed by atoms with van der Waals surface area (Å²) < 4.78 is 0. The fraction of sp³-hybridized carbons (Fsp3) is 0.923. The molecular formula is C13H29ClN2O. The Morgan fingerprint density at radius 3 is 2.00 bits per heavy atom. The number of hydrogen-bond donors (Lipinski definition) is 2. The van der Waals surface area contributed by atoms with Crippen molar-refractivity contribution in [3.05, 3.63) is 0 Å². The lowest BCUT2D eigenvalue weighted by Gasteiger charge is -2.31. The van der Waals surface area contributed by atoms with E-state index in [-0.39, 0.29) is 29.6 Å². The Kier molecular flexibility index (Phi) is 10.9. The summed E-state index contributed by atoms with van der Waals surface area (Å²) in [5, 5.41) is 6.11. The highest BCUT2D eigenvalue weighted by molar-refractivity contribution is 5.85. The van der Waals surface area contributed by atoms with Gasteiger partial charge in [0.15, 0.2) is 0 Å². The summed E-state index contributed by atoms with van der Waals surface area (Å²) in [5.74, 6) is 0.211. The molecule has 0 aliphatic heterocycles. The zero-order chi connectivity index (χ0) is 12.6. The van der Waals surface area contributed by atoms with E-state index in [2.05, 4.69) is 31.4 Å². The smallest absolute Gasteiger partial charge is 0.224 e. The predicted molar refractivity (Wildman–Crippen MR) is 76.7 cm³/mol. The van der Waals surface area contributed by atoms with E-state index >= 15 is 0 Å². The molecule has 0 fully saturated rings. The molecule has 4 heteroatoms. The van der Waals surface area contributed by atoms with Gasteiger partial charge in [0.05, 0.1) is 0 Å². The number of halogens is 1. The van der Waals surface area contributed by atoms with Gasteiger partial charge >= 0.3 is 0 Å². The van der Waals surface area contributed by atoms with Crippen LogP contribution in [0.3, 0.4) is 0 Å². The molecular weight excluding hydrogens is 236 g/mol. The van der Waals surface area contributed by atoms with Gasteiger partial charge in [0, 0.05) is 19.0 Å². The molecule has 2 N–H and O–H groups in total. The first-order valence-electron chi connectivity index (χ1n) is 6.47. The molecule has 17 heavy (non-hydrogen) atoms. The van der Waals surface area contributed by atoms with Gasteiger partial charge in [0.2, 0.25) is 5.91 Å². The average Bonchev–Trinajstić information content (AvgIpc) is 2.31. The highest BCUT2D eigenvalue weighted by atomic mass is 35.5. The van der Waals surface area contributed by atoms with Gasteiger partial charge in [-0.2, -0.15) is 0 Å². The zero-order valence-electron chi connectivity index (χ0n) is 11.9. The van der Waals surface area contributed by atoms with Crippen LogP contribution in [0.2, 0.25) is 0 Å². The summed E-state index contributed by atoms with van der Waals surface area (Å²) in [6.45, 7) is 10.1. The number of amides is 1. The van der Waals surface area contributed by atoms with Gasteiger partial charge in [-0.05, 0) is 31.7 Å². The third-order valence-corrected chi connectivity index (χ3v) is 3.85. The van der Waals surface area contributed by atoms with Gasteiger partial charge in [-0.1, -0.05) is 27.7 Å². The molecule has 0 rings (SSSR count). The summed E-state index contributed by atoms with van der Waals surface area (Å²) >= 11 is 0. The predicted octanol–water partition coefficient (Wildman–Crippen LogP) is 2.60. The third-order valence-electron chi connectivity index (χ3n) is 3.85. The van der Waals surface area contributed by atoms with E-state index in [1.54, 1.807) is 0 Å². The summed E-state index contributed by atoms with van der Waals surface area (Å²) in [6.07, 6.45) is 3.38. The highest BCUT2D eigenvalue weighted by Gasteiger charge is 2.25. The molecule has 0 radical (unpaired) electrons. The highest BCUT2D eigenvalue weighted by Crippen LogP contribution is 2.29. The second-order valence-electron chi connectivity index (χ2n) is 4.74. The van der Waals surface area contributed by atoms with E-state index in [4.69, 9.17) is 0 Å². The van der Waals surface area contributed by atoms with Crippen molar-refractivity contribution in [2.75, 3.05) is 20.1 Å². The summed E-state index contributed by atoms with van der Waals surface area (Å²) in [6, 6.07) is 0. The second-order valence-corrected chi connectivity index (χ2v) is 4.74. The number of carbonyl (C=O) groups excluding carboxylic acids is 1. The van der Waals surface area contributed by atoms with E-state index in [1.165, 1.54) is 0 Å². The Bertz CT molecular complexity index is 197. The van der Waals surface area contributed by atoms with E-state index in [0.717, 1.165) is 32.4 Å². The van der Waals surface area contributed by atoms with Crippen LogP contribution in [0.5, 0.6) is 0 Å². The lowest BCUT2D eigenvalue weighted by atomic mass is 9.80. The summed E-state index contributed by atoms with van der Waals surface area (Å²) in [7, 11) is 1.87. The maximum atomic E-state index is 11.8. The largest absolute Gasteiger partial charge is 0.355 e. The van der Waals surface area contributed by atoms with Crippen LogP contribution < -0.4 is 10.6 Å². The molecule has 0 aromatic carbocycles. The molecule has 0 heterocycles. The van der Waals surface area contributed by atoms with E-state index in [9.17, 15) is 4.79 Å². The quantitative estimate of drug-likeness (QED) is 0.708. The standard InChI is InChI=1S/C13H28N2O.ClH/c1-6-13(7-2,8-3)10-15-12(16)11(4)9-14-5;/h11,14H,6-10H2,1-5H3,(H,15,16);1H. The van der Waals surface area contributed by atoms with Gasteiger partial charge < -0.3 is 10.6 Å². The minimum atomic E-state index is 0. The van der Waals surface area contributed by atoms with Crippen LogP contribution in [-0.4, -0.2) is 26.0 Å². The molecule has 0 bridgehead atoms. The summed E-state index contributed by atoms with van der Waals surface area (Å²) in [4.78, 5) is 11.8. The van der Waals surface area contributed by atoms with Gasteiger partial charge in [-0.25, -0.2) is 0 Å². The zero-order valence-corrected chi connectivity index (χ0v) is 12.7. The Morgan fingerprint density at radius 1 is 1.18 bits per heavy atom. The van der Waals surface area contributed by atoms with E-state index in [0.29, 0.717) is 0 Å². The Labute approximate surface area is 113 Å². The minimum absolute atomic E-state index is 0. The molecule has 0 spiro atoms. The topological polar surface area (TPSA) is 41.1 Å². The molecule has 0 aromatic heterocycles. The van der Waals surface area contributed by atoms with Gasteiger partial charge in [0.25, 0.3) is 0 Å². The van der Waals surface area contributed by atoms with Crippen molar-refractivity contribution in [1.29, 1.82) is 0 Å². The van der Waals surface area contributed by atoms with Crippen LogP contribution in [0.15, 0.2) is 0 Å². The average molecular weight is 265 g/mol. The number of carbonyl (C=O) groups is 1. The van der Waals surface area contributed by atoms with Gasteiger partial charge in [-0.15, -0.1) is 12.4 Å². The molecule has 1 atom stereocenters. The van der Waals surface area contributed by atoms with Crippen LogP contribution in [0.4, 0.5) is 0 Å². The van der Waals surface area contributed by atoms with Gasteiger partial charge in [0.1, 0.15) is 0 Å². The first-order chi connectivity index (χ1) is 7.55. The van der Waals surface area contributed by atoms with Crippen molar-refractivity contribution >= 4 is 18.3 Å². The SMILES string of the molecule is CCC(CC)(CC)CNC(=O)C(C)CNC.Cl. The minimum Gasteiger partial charge on any atom is -0.355 e. The fourth-order valence-electron chi connectivity index (χ4n) is 1.97. The molecule has 1 unspecified atom stereocenters. The number of nitrogens with one attached hydrogen (secondary N) is 2. The molecule has 1 amide bonds. The van der Waals surface area contributed by atoms with Crippen molar-refractivity contribution in [2.45, 2.75) is 47.0 Å². The van der Waals surface area contributed by atoms with E-state index in [1.807, 2.05) is 14.0 Å². The first kappa shape index (κ1) is 19.1. The van der Waals surface area contributed by atoms with Crippen LogP contribution >= 0.6 is 12.4 Å². The van der Waals surface area contributed by atoms with Gasteiger partial charge in [-0.3, -0.25) is 4.79 Å². The third kappa shape index (κ3) is 6.27. The Morgan fingerprint density at radius 2 is 1.65 bits per heavy atom. The van der Waals surface area contributed by atoms with Crippen LogP contribution in [0.1, 0.15) is 47.0 Å². The maximum absolute atomic E-state index is 11.8. The van der Waals surface area contributed by atoms with Crippen molar-refractivity contribution in [2.24, 2.45) is 11.3 Å². The van der Waals surface area contributed by atoms with Crippen molar-refractivity contribution in [1.82, 2.24) is 10.6 Å². The first-order valence-corrected chi connectivity index (χ1v) is 6.47. The molecule has 0 aromatic rings. The Hall–Kier alpha value is -0.280. The molecule has 104 valence electrons. The normalized spacial score (nSPS) is 12.8. The second kappa shape index (κ2) is 9.72. The van der Waals surface area contributed by atoms with E-state index < -0.39 is 0 Å². The number of rotatable bonds is 8.